The van der Waals surface area contributed by atoms with Crippen molar-refractivity contribution >= 4 is 11.9 Å². The summed E-state index contributed by atoms with van der Waals surface area (Å²) in [7, 11) is 0. The van der Waals surface area contributed by atoms with Gasteiger partial charge in [0.25, 0.3) is 0 Å². The highest BCUT2D eigenvalue weighted by Gasteiger charge is 2.33. The van der Waals surface area contributed by atoms with E-state index in [4.69, 9.17) is 4.74 Å². The molecule has 0 atom stereocenters. The van der Waals surface area contributed by atoms with Gasteiger partial charge < -0.3 is 19.9 Å². The first-order valence-corrected chi connectivity index (χ1v) is 10.1. The molecule has 1 aromatic rings. The first kappa shape index (κ1) is 19.7. The first-order chi connectivity index (χ1) is 13.1. The maximum Gasteiger partial charge on any atom is 0.317 e. The van der Waals surface area contributed by atoms with Gasteiger partial charge >= 0.3 is 6.03 Å². The van der Waals surface area contributed by atoms with E-state index in [9.17, 15) is 9.59 Å². The normalized spacial score (nSPS) is 18.9. The molecule has 0 unspecified atom stereocenters. The molecule has 2 aliphatic heterocycles. The largest absolute Gasteiger partial charge is 0.381 e. The van der Waals surface area contributed by atoms with E-state index in [1.165, 1.54) is 5.56 Å². The second kappa shape index (κ2) is 9.74. The molecule has 6 nitrogen and oxygen atoms in total. The average Bonchev–Trinajstić information content (AvgIpc) is 2.70. The van der Waals surface area contributed by atoms with E-state index in [2.05, 4.69) is 22.3 Å². The summed E-state index contributed by atoms with van der Waals surface area (Å²) in [5, 5.41) is 3.02. The number of carbonyl (C=O) groups excluding carboxylic acids is 2. The Balaban J connectivity index is 1.44. The van der Waals surface area contributed by atoms with Gasteiger partial charge in [0, 0.05) is 51.9 Å². The molecule has 2 heterocycles. The third-order valence-electron chi connectivity index (χ3n) is 5.63. The molecule has 27 heavy (non-hydrogen) atoms. The fourth-order valence-corrected chi connectivity index (χ4v) is 4.19. The number of nitrogens with zero attached hydrogens (tertiary/aromatic N) is 2. The van der Waals surface area contributed by atoms with Crippen LogP contribution in [-0.2, 0) is 16.0 Å². The van der Waals surface area contributed by atoms with Crippen LogP contribution in [0.15, 0.2) is 30.3 Å². The monoisotopic (exact) mass is 373 g/mol. The quantitative estimate of drug-likeness (QED) is 0.862. The smallest absolute Gasteiger partial charge is 0.317 e. The van der Waals surface area contributed by atoms with Crippen LogP contribution in [0.1, 0.15) is 38.2 Å². The van der Waals surface area contributed by atoms with Crippen LogP contribution >= 0.6 is 0 Å². The number of urea groups is 1. The van der Waals surface area contributed by atoms with Crippen LogP contribution in [0.5, 0.6) is 0 Å². The highest BCUT2D eigenvalue weighted by Crippen LogP contribution is 2.24. The predicted molar refractivity (Wildman–Crippen MR) is 105 cm³/mol. The molecular weight excluding hydrogens is 342 g/mol. The Hall–Kier alpha value is -2.08. The molecule has 0 aliphatic carbocycles. The third-order valence-corrected chi connectivity index (χ3v) is 5.63. The van der Waals surface area contributed by atoms with E-state index < -0.39 is 0 Å². The summed E-state index contributed by atoms with van der Waals surface area (Å²) in [6.45, 7) is 5.18. The second-order valence-electron chi connectivity index (χ2n) is 7.46. The van der Waals surface area contributed by atoms with Gasteiger partial charge in [-0.25, -0.2) is 4.79 Å². The van der Waals surface area contributed by atoms with Gasteiger partial charge in [0.15, 0.2) is 0 Å². The Morgan fingerprint density at radius 3 is 2.33 bits per heavy atom. The zero-order valence-electron chi connectivity index (χ0n) is 16.2. The summed E-state index contributed by atoms with van der Waals surface area (Å²) >= 11 is 0. The van der Waals surface area contributed by atoms with Crippen LogP contribution in [0.4, 0.5) is 4.79 Å². The predicted octanol–water partition coefficient (Wildman–Crippen LogP) is 2.43. The Morgan fingerprint density at radius 1 is 1.07 bits per heavy atom. The van der Waals surface area contributed by atoms with Gasteiger partial charge in [0.1, 0.15) is 0 Å². The van der Waals surface area contributed by atoms with Crippen LogP contribution in [0.3, 0.4) is 0 Å². The van der Waals surface area contributed by atoms with E-state index in [1.807, 2.05) is 23.1 Å². The molecule has 3 rings (SSSR count). The van der Waals surface area contributed by atoms with Gasteiger partial charge in [0.2, 0.25) is 5.91 Å². The number of hydrogen-bond acceptors (Lipinski definition) is 3. The number of carbonyl (C=O) groups is 2. The number of amides is 3. The van der Waals surface area contributed by atoms with Crippen LogP contribution in [0.25, 0.3) is 0 Å². The fourth-order valence-electron chi connectivity index (χ4n) is 4.19. The number of rotatable bonds is 5. The molecule has 0 saturated carbocycles. The maximum absolute atomic E-state index is 12.4. The van der Waals surface area contributed by atoms with Crippen molar-refractivity contribution in [2.24, 2.45) is 0 Å². The molecule has 2 aliphatic rings. The lowest BCUT2D eigenvalue weighted by molar-refractivity contribution is -0.137. The molecule has 0 aromatic heterocycles. The van der Waals surface area contributed by atoms with Gasteiger partial charge in [-0.15, -0.1) is 0 Å². The highest BCUT2D eigenvalue weighted by atomic mass is 16.5. The Bertz CT molecular complexity index is 608. The van der Waals surface area contributed by atoms with Crippen molar-refractivity contribution in [1.29, 1.82) is 0 Å². The number of nitrogens with one attached hydrogen (secondary N) is 1. The van der Waals surface area contributed by atoms with Crippen molar-refractivity contribution < 1.29 is 14.3 Å². The zero-order valence-corrected chi connectivity index (χ0v) is 16.2. The Labute approximate surface area is 161 Å². The standard InChI is InChI=1S/C21H31N3O3/c1-17(25)24(20-10-15-27-16-11-20)19-8-13-23(14-9-19)21(26)22-12-7-18-5-3-2-4-6-18/h2-6,19-20H,7-16H2,1H3,(H,22,26). The molecule has 6 heteroatoms. The van der Waals surface area contributed by atoms with Crippen molar-refractivity contribution in [2.45, 2.75) is 51.1 Å². The van der Waals surface area contributed by atoms with Crippen LogP contribution in [0.2, 0.25) is 0 Å². The SMILES string of the molecule is CC(=O)N(C1CCOCC1)C1CCN(C(=O)NCCc2ccccc2)CC1. The molecule has 0 spiro atoms. The number of benzene rings is 1. The summed E-state index contributed by atoms with van der Waals surface area (Å²) in [6, 6.07) is 10.7. The lowest BCUT2D eigenvalue weighted by Gasteiger charge is -2.43. The van der Waals surface area contributed by atoms with Crippen molar-refractivity contribution in [2.75, 3.05) is 32.8 Å². The minimum absolute atomic E-state index is 0.00447. The summed E-state index contributed by atoms with van der Waals surface area (Å²) in [6.07, 6.45) is 4.37. The van der Waals surface area contributed by atoms with Crippen molar-refractivity contribution in [3.63, 3.8) is 0 Å². The molecule has 1 N–H and O–H groups in total. The number of ether oxygens (including phenoxy) is 1. The molecular formula is C21H31N3O3. The van der Waals surface area contributed by atoms with Gasteiger partial charge in [-0.2, -0.15) is 0 Å². The minimum atomic E-state index is 0.00447. The average molecular weight is 373 g/mol. The van der Waals surface area contributed by atoms with E-state index >= 15 is 0 Å². The molecule has 2 saturated heterocycles. The molecule has 1 aromatic carbocycles. The van der Waals surface area contributed by atoms with E-state index in [-0.39, 0.29) is 24.0 Å². The molecule has 3 amide bonds. The number of likely N-dealkylation sites (tertiary alicyclic amines) is 1. The van der Waals surface area contributed by atoms with Gasteiger partial charge in [-0.1, -0.05) is 30.3 Å². The Kier molecular flexibility index (Phi) is 7.10. The minimum Gasteiger partial charge on any atom is -0.381 e. The van der Waals surface area contributed by atoms with E-state index in [0.717, 1.165) is 45.3 Å². The first-order valence-electron chi connectivity index (χ1n) is 10.1. The molecule has 2 fully saturated rings. The lowest BCUT2D eigenvalue weighted by Crippen LogP contribution is -2.54. The third kappa shape index (κ3) is 5.45. The molecule has 148 valence electrons. The van der Waals surface area contributed by atoms with Crippen molar-refractivity contribution in [1.82, 2.24) is 15.1 Å². The summed E-state index contributed by atoms with van der Waals surface area (Å²) in [4.78, 5) is 28.6. The summed E-state index contributed by atoms with van der Waals surface area (Å²) in [5.74, 6) is 0.146. The maximum atomic E-state index is 12.4. The second-order valence-corrected chi connectivity index (χ2v) is 7.46. The van der Waals surface area contributed by atoms with Crippen molar-refractivity contribution in [3.8, 4) is 0 Å². The fraction of sp³-hybridized carbons (Fsp3) is 0.619. The highest BCUT2D eigenvalue weighted by molar-refractivity contribution is 5.75. The van der Waals surface area contributed by atoms with Crippen molar-refractivity contribution in [3.05, 3.63) is 35.9 Å². The summed E-state index contributed by atoms with van der Waals surface area (Å²) < 4.78 is 5.44. The van der Waals surface area contributed by atoms with Crippen LogP contribution in [-0.4, -0.2) is 66.7 Å². The van der Waals surface area contributed by atoms with Gasteiger partial charge in [-0.05, 0) is 37.7 Å². The molecule has 0 radical (unpaired) electrons. The Morgan fingerprint density at radius 2 is 1.70 bits per heavy atom. The van der Waals surface area contributed by atoms with Gasteiger partial charge in [0.05, 0.1) is 0 Å². The number of piperidine rings is 1. The summed E-state index contributed by atoms with van der Waals surface area (Å²) in [5.41, 5.74) is 1.23. The zero-order chi connectivity index (χ0) is 19.1. The lowest BCUT2D eigenvalue weighted by atomic mass is 9.98. The van der Waals surface area contributed by atoms with Gasteiger partial charge in [-0.3, -0.25) is 4.79 Å². The van der Waals surface area contributed by atoms with E-state index in [0.29, 0.717) is 19.6 Å². The topological polar surface area (TPSA) is 61.9 Å². The van der Waals surface area contributed by atoms with E-state index in [1.54, 1.807) is 6.92 Å². The molecule has 0 bridgehead atoms. The van der Waals surface area contributed by atoms with Crippen LogP contribution in [0, 0.1) is 0 Å². The van der Waals surface area contributed by atoms with Crippen LogP contribution < -0.4 is 5.32 Å². The number of hydrogen-bond donors (Lipinski definition) is 1.